The van der Waals surface area contributed by atoms with Crippen LogP contribution >= 0.6 is 0 Å². The van der Waals surface area contributed by atoms with Crippen LogP contribution in [-0.4, -0.2) is 52.5 Å². The number of amides is 2. The van der Waals surface area contributed by atoms with E-state index < -0.39 is 0 Å². The summed E-state index contributed by atoms with van der Waals surface area (Å²) in [6.07, 6.45) is 5.36. The van der Waals surface area contributed by atoms with E-state index in [0.717, 1.165) is 44.6 Å². The Morgan fingerprint density at radius 1 is 1.13 bits per heavy atom. The Kier molecular flexibility index (Phi) is 5.61. The average molecular weight is 510 g/mol. The van der Waals surface area contributed by atoms with Crippen molar-refractivity contribution in [2.75, 3.05) is 31.4 Å². The molecular formula is C28H27N7O3. The number of carbonyl (C=O) groups is 2. The maximum atomic E-state index is 13.0. The van der Waals surface area contributed by atoms with Gasteiger partial charge in [-0.15, -0.1) is 0 Å². The lowest BCUT2D eigenvalue weighted by Gasteiger charge is -2.21. The standard InChI is InChI=1S/C28H27N7O3/c1-16(36)34(4)23-7-8-25(32-22(23)15-33(2)3)31-21-6-5-17(19-13-29-28(37)26(19)21)20-14-30-35-11-9-24-18(27(20)35)10-12-38-24/h5-12,14H,13,15H2,1-4H3,(H,29,37)(H,31,32). The van der Waals surface area contributed by atoms with Gasteiger partial charge in [0, 0.05) is 44.2 Å². The van der Waals surface area contributed by atoms with Crippen LogP contribution in [0, 0.1) is 0 Å². The molecule has 5 heterocycles. The zero-order valence-electron chi connectivity index (χ0n) is 21.6. The third-order valence-corrected chi connectivity index (χ3v) is 6.88. The first-order valence-electron chi connectivity index (χ1n) is 12.3. The summed E-state index contributed by atoms with van der Waals surface area (Å²) in [7, 11) is 5.64. The molecule has 0 atom stereocenters. The molecule has 0 spiro atoms. The summed E-state index contributed by atoms with van der Waals surface area (Å²) >= 11 is 0. The van der Waals surface area contributed by atoms with Crippen LogP contribution in [0.4, 0.5) is 17.2 Å². The number of carbonyl (C=O) groups excluding carboxylic acids is 2. The molecule has 2 amide bonds. The predicted molar refractivity (Wildman–Crippen MR) is 146 cm³/mol. The quantitative estimate of drug-likeness (QED) is 0.354. The maximum absolute atomic E-state index is 13.0. The molecule has 0 radical (unpaired) electrons. The lowest BCUT2D eigenvalue weighted by molar-refractivity contribution is -0.116. The van der Waals surface area contributed by atoms with Crippen molar-refractivity contribution < 1.29 is 14.0 Å². The lowest BCUT2D eigenvalue weighted by Crippen LogP contribution is -2.26. The molecule has 6 rings (SSSR count). The predicted octanol–water partition coefficient (Wildman–Crippen LogP) is 4.17. The van der Waals surface area contributed by atoms with Gasteiger partial charge in [-0.05, 0) is 55.6 Å². The van der Waals surface area contributed by atoms with Crippen molar-refractivity contribution in [1.29, 1.82) is 0 Å². The first-order valence-corrected chi connectivity index (χ1v) is 12.3. The second-order valence-electron chi connectivity index (χ2n) is 9.67. The molecule has 1 aliphatic heterocycles. The van der Waals surface area contributed by atoms with Crippen molar-refractivity contribution in [3.8, 4) is 11.1 Å². The van der Waals surface area contributed by atoms with E-state index in [4.69, 9.17) is 9.40 Å². The van der Waals surface area contributed by atoms with Gasteiger partial charge in [-0.1, -0.05) is 6.07 Å². The smallest absolute Gasteiger partial charge is 0.254 e. The fraction of sp³-hybridized carbons (Fsp3) is 0.214. The van der Waals surface area contributed by atoms with E-state index in [-0.39, 0.29) is 11.8 Å². The van der Waals surface area contributed by atoms with Crippen LogP contribution in [0.1, 0.15) is 28.5 Å². The maximum Gasteiger partial charge on any atom is 0.254 e. The minimum Gasteiger partial charge on any atom is -0.464 e. The largest absolute Gasteiger partial charge is 0.464 e. The van der Waals surface area contributed by atoms with Gasteiger partial charge >= 0.3 is 0 Å². The van der Waals surface area contributed by atoms with Crippen molar-refractivity contribution >= 4 is 45.5 Å². The Bertz CT molecular complexity index is 1730. The first-order chi connectivity index (χ1) is 18.3. The van der Waals surface area contributed by atoms with Gasteiger partial charge in [0.2, 0.25) is 5.91 Å². The molecule has 192 valence electrons. The van der Waals surface area contributed by atoms with Crippen LogP contribution in [0.25, 0.3) is 27.6 Å². The summed E-state index contributed by atoms with van der Waals surface area (Å²) in [6, 6.07) is 11.4. The summed E-state index contributed by atoms with van der Waals surface area (Å²) in [5, 5.41) is 11.8. The van der Waals surface area contributed by atoms with Gasteiger partial charge in [-0.3, -0.25) is 9.59 Å². The van der Waals surface area contributed by atoms with E-state index in [1.54, 1.807) is 18.2 Å². The normalized spacial score (nSPS) is 12.8. The molecule has 0 fully saturated rings. The number of benzene rings is 1. The van der Waals surface area contributed by atoms with Crippen LogP contribution in [0.5, 0.6) is 0 Å². The second kappa shape index (κ2) is 9.00. The van der Waals surface area contributed by atoms with E-state index in [1.807, 2.05) is 72.3 Å². The number of hydrogen-bond acceptors (Lipinski definition) is 7. The number of aromatic nitrogens is 3. The fourth-order valence-corrected chi connectivity index (χ4v) is 5.02. The molecule has 2 N–H and O–H groups in total. The number of hydrogen-bond donors (Lipinski definition) is 2. The molecule has 0 saturated carbocycles. The Morgan fingerprint density at radius 3 is 2.76 bits per heavy atom. The summed E-state index contributed by atoms with van der Waals surface area (Å²) in [5.41, 5.74) is 7.23. The van der Waals surface area contributed by atoms with Gasteiger partial charge in [0.15, 0.2) is 0 Å². The van der Waals surface area contributed by atoms with Gasteiger partial charge in [0.1, 0.15) is 11.4 Å². The number of rotatable bonds is 6. The van der Waals surface area contributed by atoms with Gasteiger partial charge in [-0.25, -0.2) is 9.50 Å². The van der Waals surface area contributed by atoms with Crippen LogP contribution in [0.2, 0.25) is 0 Å². The minimum absolute atomic E-state index is 0.0713. The topological polar surface area (TPSA) is 108 Å². The molecule has 10 nitrogen and oxygen atoms in total. The molecule has 0 saturated heterocycles. The first kappa shape index (κ1) is 23.7. The number of anilines is 3. The van der Waals surface area contributed by atoms with Gasteiger partial charge in [-0.2, -0.15) is 5.10 Å². The SMILES string of the molecule is CC(=O)N(C)c1ccc(Nc2ccc(-c3cnn4ccc5occc5c34)c3c2C(=O)NC3)nc1CN(C)C. The summed E-state index contributed by atoms with van der Waals surface area (Å²) < 4.78 is 7.43. The van der Waals surface area contributed by atoms with Crippen molar-refractivity contribution in [1.82, 2.24) is 24.8 Å². The Morgan fingerprint density at radius 2 is 1.97 bits per heavy atom. The highest BCUT2D eigenvalue weighted by molar-refractivity contribution is 6.08. The Hall–Kier alpha value is -4.70. The van der Waals surface area contributed by atoms with Gasteiger partial charge in [0.25, 0.3) is 5.91 Å². The van der Waals surface area contributed by atoms with Crippen molar-refractivity contribution in [3.63, 3.8) is 0 Å². The lowest BCUT2D eigenvalue weighted by atomic mass is 9.95. The Labute approximate surface area is 218 Å². The molecular weight excluding hydrogens is 482 g/mol. The molecule has 0 unspecified atom stereocenters. The van der Waals surface area contributed by atoms with Crippen LogP contribution in [0.3, 0.4) is 0 Å². The van der Waals surface area contributed by atoms with Crippen molar-refractivity contribution in [3.05, 3.63) is 71.9 Å². The summed E-state index contributed by atoms with van der Waals surface area (Å²) in [5.74, 6) is 0.377. The fourth-order valence-electron chi connectivity index (χ4n) is 5.02. The third kappa shape index (κ3) is 3.86. The van der Waals surface area contributed by atoms with E-state index in [1.165, 1.54) is 6.92 Å². The number of nitrogens with zero attached hydrogens (tertiary/aromatic N) is 5. The highest BCUT2D eigenvalue weighted by Gasteiger charge is 2.28. The van der Waals surface area contributed by atoms with Crippen LogP contribution < -0.4 is 15.5 Å². The number of nitrogens with one attached hydrogen (secondary N) is 2. The molecule has 38 heavy (non-hydrogen) atoms. The number of pyridine rings is 2. The monoisotopic (exact) mass is 509 g/mol. The van der Waals surface area contributed by atoms with E-state index in [0.29, 0.717) is 30.2 Å². The van der Waals surface area contributed by atoms with E-state index in [9.17, 15) is 9.59 Å². The molecule has 5 aromatic rings. The molecule has 0 aliphatic carbocycles. The van der Waals surface area contributed by atoms with Crippen molar-refractivity contribution in [2.24, 2.45) is 0 Å². The molecule has 10 heteroatoms. The average Bonchev–Trinajstić information content (AvgIpc) is 3.62. The summed E-state index contributed by atoms with van der Waals surface area (Å²) in [4.78, 5) is 33.4. The third-order valence-electron chi connectivity index (χ3n) is 6.88. The highest BCUT2D eigenvalue weighted by atomic mass is 16.3. The molecule has 1 aliphatic rings. The highest BCUT2D eigenvalue weighted by Crippen LogP contribution is 2.38. The van der Waals surface area contributed by atoms with Crippen LogP contribution in [0.15, 0.2) is 59.5 Å². The second-order valence-corrected chi connectivity index (χ2v) is 9.67. The van der Waals surface area contributed by atoms with E-state index in [2.05, 4.69) is 15.7 Å². The number of fused-ring (bicyclic) bond motifs is 4. The summed E-state index contributed by atoms with van der Waals surface area (Å²) in [6.45, 7) is 2.49. The zero-order chi connectivity index (χ0) is 26.6. The number of furan rings is 1. The Balaban J connectivity index is 1.43. The molecule has 0 bridgehead atoms. The zero-order valence-corrected chi connectivity index (χ0v) is 21.6. The molecule has 1 aromatic carbocycles. The van der Waals surface area contributed by atoms with Crippen molar-refractivity contribution in [2.45, 2.75) is 20.0 Å². The van der Waals surface area contributed by atoms with Gasteiger partial charge in [0.05, 0.1) is 40.6 Å². The van der Waals surface area contributed by atoms with E-state index >= 15 is 0 Å². The van der Waals surface area contributed by atoms with Crippen LogP contribution in [-0.2, 0) is 17.9 Å². The molecule has 4 aromatic heterocycles. The minimum atomic E-state index is -0.143. The van der Waals surface area contributed by atoms with Gasteiger partial charge < -0.3 is 24.9 Å².